The summed E-state index contributed by atoms with van der Waals surface area (Å²) in [7, 11) is 0. The average Bonchev–Trinajstić information content (AvgIpc) is 1.35. The fraction of sp³-hybridized carbons (Fsp3) is 0.500. The molecule has 0 unspecified atom stereocenters. The zero-order valence-electron chi connectivity index (χ0n) is 3.22. The minimum atomic E-state index is -1.18. The van der Waals surface area contributed by atoms with E-state index in [2.05, 4.69) is 4.89 Å². The van der Waals surface area contributed by atoms with Crippen LogP contribution in [0.15, 0.2) is 0 Å². The second kappa shape index (κ2) is 5.91. The van der Waals surface area contributed by atoms with Crippen LogP contribution in [0.3, 0.4) is 0 Å². The molecule has 0 spiro atoms. The predicted octanol–water partition coefficient (Wildman–Crippen LogP) is -0.442. The molecule has 0 amide bonds. The monoisotopic (exact) mass is 155 g/mol. The van der Waals surface area contributed by atoms with Crippen molar-refractivity contribution >= 4 is 5.97 Å². The standard InChI is InChI=1S/C2H4O4.Cu/c3-2(4)1-6-5;/h5H,1H2,(H,3,4);. The Hall–Kier alpha value is -0.0905. The van der Waals surface area contributed by atoms with Gasteiger partial charge in [0.15, 0.2) is 6.61 Å². The Morgan fingerprint density at radius 2 is 2.14 bits per heavy atom. The van der Waals surface area contributed by atoms with Crippen LogP contribution in [0, 0.1) is 0 Å². The molecule has 0 aliphatic carbocycles. The number of carboxylic acid groups (broad SMARTS) is 1. The molecule has 4 nitrogen and oxygen atoms in total. The number of hydrogen-bond donors (Lipinski definition) is 2. The Morgan fingerprint density at radius 3 is 2.14 bits per heavy atom. The van der Waals surface area contributed by atoms with Crippen molar-refractivity contribution in [1.29, 1.82) is 0 Å². The molecule has 2 N–H and O–H groups in total. The summed E-state index contributed by atoms with van der Waals surface area (Å²) < 4.78 is 0. The Labute approximate surface area is 50.5 Å². The number of aliphatic carboxylic acids is 1. The third kappa shape index (κ3) is 10.7. The van der Waals surface area contributed by atoms with E-state index in [1.54, 1.807) is 0 Å². The zero-order valence-corrected chi connectivity index (χ0v) is 4.16. The Kier molecular flexibility index (Phi) is 8.45. The van der Waals surface area contributed by atoms with Gasteiger partial charge < -0.3 is 5.11 Å². The molecule has 0 atom stereocenters. The van der Waals surface area contributed by atoms with E-state index in [-0.39, 0.29) is 17.1 Å². The van der Waals surface area contributed by atoms with Crippen LogP contribution in [-0.2, 0) is 26.8 Å². The maximum atomic E-state index is 9.31. The molecular formula is C2H4CuO4. The summed E-state index contributed by atoms with van der Waals surface area (Å²) in [5.74, 6) is -1.18. The summed E-state index contributed by atoms with van der Waals surface area (Å²) in [6, 6.07) is 0. The van der Waals surface area contributed by atoms with Crippen LogP contribution in [-0.4, -0.2) is 22.9 Å². The number of carbonyl (C=O) groups is 1. The van der Waals surface area contributed by atoms with Gasteiger partial charge in [-0.15, -0.1) is 0 Å². The molecule has 0 bridgehead atoms. The van der Waals surface area contributed by atoms with Crippen molar-refractivity contribution in [2.24, 2.45) is 0 Å². The van der Waals surface area contributed by atoms with Gasteiger partial charge in [-0.3, -0.25) is 5.26 Å². The largest absolute Gasteiger partial charge is 0.479 e. The van der Waals surface area contributed by atoms with Crippen LogP contribution in [0.1, 0.15) is 0 Å². The van der Waals surface area contributed by atoms with E-state index < -0.39 is 12.6 Å². The molecule has 0 aromatic rings. The van der Waals surface area contributed by atoms with Gasteiger partial charge in [-0.05, 0) is 0 Å². The normalized spacial score (nSPS) is 7.00. The van der Waals surface area contributed by atoms with Gasteiger partial charge in [0.05, 0.1) is 0 Å². The molecule has 47 valence electrons. The third-order valence-corrected chi connectivity index (χ3v) is 0.188. The van der Waals surface area contributed by atoms with Crippen LogP contribution in [0.4, 0.5) is 0 Å². The molecule has 0 heterocycles. The maximum Gasteiger partial charge on any atom is 0.333 e. The van der Waals surface area contributed by atoms with Crippen LogP contribution in [0.2, 0.25) is 0 Å². The van der Waals surface area contributed by atoms with Crippen LogP contribution in [0.25, 0.3) is 0 Å². The summed E-state index contributed by atoms with van der Waals surface area (Å²) in [5, 5.41) is 15.0. The number of hydrogen-bond acceptors (Lipinski definition) is 3. The molecular weight excluding hydrogens is 152 g/mol. The first-order valence-corrected chi connectivity index (χ1v) is 1.25. The zero-order chi connectivity index (χ0) is 4.99. The molecule has 0 aliphatic rings. The van der Waals surface area contributed by atoms with Crippen molar-refractivity contribution in [3.8, 4) is 0 Å². The SMILES string of the molecule is O=C(O)COO.[Cu]. The van der Waals surface area contributed by atoms with Crippen molar-refractivity contribution in [2.45, 2.75) is 0 Å². The Morgan fingerprint density at radius 1 is 1.71 bits per heavy atom. The van der Waals surface area contributed by atoms with E-state index >= 15 is 0 Å². The molecule has 0 aromatic heterocycles. The Bertz CT molecular complexity index is 53.7. The van der Waals surface area contributed by atoms with E-state index in [1.807, 2.05) is 0 Å². The fourth-order valence-corrected chi connectivity index (χ4v) is 0.0552. The smallest absolute Gasteiger partial charge is 0.333 e. The molecule has 1 radical (unpaired) electrons. The summed E-state index contributed by atoms with van der Waals surface area (Å²) in [4.78, 5) is 12.5. The van der Waals surface area contributed by atoms with Crippen LogP contribution in [0.5, 0.6) is 0 Å². The molecule has 0 aliphatic heterocycles. The molecule has 0 aromatic carbocycles. The van der Waals surface area contributed by atoms with Crippen LogP contribution < -0.4 is 0 Å². The van der Waals surface area contributed by atoms with E-state index in [9.17, 15) is 4.79 Å². The minimum absolute atomic E-state index is 0. The maximum absolute atomic E-state index is 9.31. The second-order valence-corrected chi connectivity index (χ2v) is 0.667. The third-order valence-electron chi connectivity index (χ3n) is 0.188. The number of carboxylic acids is 1. The first kappa shape index (κ1) is 10.0. The Balaban J connectivity index is 0. The van der Waals surface area contributed by atoms with Gasteiger partial charge in [0, 0.05) is 17.1 Å². The van der Waals surface area contributed by atoms with Crippen molar-refractivity contribution in [3.63, 3.8) is 0 Å². The first-order valence-electron chi connectivity index (χ1n) is 1.25. The van der Waals surface area contributed by atoms with Gasteiger partial charge in [0.25, 0.3) is 0 Å². The first-order chi connectivity index (χ1) is 2.77. The van der Waals surface area contributed by atoms with Gasteiger partial charge in [-0.25, -0.2) is 9.68 Å². The van der Waals surface area contributed by atoms with Crippen LogP contribution >= 0.6 is 0 Å². The molecule has 7 heavy (non-hydrogen) atoms. The average molecular weight is 156 g/mol. The minimum Gasteiger partial charge on any atom is -0.479 e. The topological polar surface area (TPSA) is 66.8 Å². The molecule has 0 fully saturated rings. The van der Waals surface area contributed by atoms with E-state index in [1.165, 1.54) is 0 Å². The van der Waals surface area contributed by atoms with Crippen molar-refractivity contribution in [2.75, 3.05) is 6.61 Å². The molecule has 0 saturated carbocycles. The molecule has 0 saturated heterocycles. The molecule has 5 heteroatoms. The van der Waals surface area contributed by atoms with Gasteiger partial charge in [-0.2, -0.15) is 0 Å². The second-order valence-electron chi connectivity index (χ2n) is 0.667. The van der Waals surface area contributed by atoms with E-state index in [0.29, 0.717) is 0 Å². The van der Waals surface area contributed by atoms with Crippen molar-refractivity contribution < 1.29 is 37.1 Å². The fourth-order valence-electron chi connectivity index (χ4n) is 0.0552. The van der Waals surface area contributed by atoms with Gasteiger partial charge in [-0.1, -0.05) is 0 Å². The van der Waals surface area contributed by atoms with E-state index in [0.717, 1.165) is 0 Å². The van der Waals surface area contributed by atoms with Gasteiger partial charge in [0.1, 0.15) is 0 Å². The van der Waals surface area contributed by atoms with Crippen molar-refractivity contribution in [1.82, 2.24) is 0 Å². The van der Waals surface area contributed by atoms with Crippen molar-refractivity contribution in [3.05, 3.63) is 0 Å². The van der Waals surface area contributed by atoms with Gasteiger partial charge in [0.2, 0.25) is 0 Å². The summed E-state index contributed by atoms with van der Waals surface area (Å²) in [6.45, 7) is -0.653. The summed E-state index contributed by atoms with van der Waals surface area (Å²) >= 11 is 0. The summed E-state index contributed by atoms with van der Waals surface area (Å²) in [6.07, 6.45) is 0. The van der Waals surface area contributed by atoms with Gasteiger partial charge >= 0.3 is 5.97 Å². The van der Waals surface area contributed by atoms with E-state index in [4.69, 9.17) is 10.4 Å². The summed E-state index contributed by atoms with van der Waals surface area (Å²) in [5.41, 5.74) is 0. The quantitative estimate of drug-likeness (QED) is 0.322. The molecule has 0 rings (SSSR count). The predicted molar refractivity (Wildman–Crippen MR) is 16.2 cm³/mol. The number of rotatable bonds is 2.